The SMILES string of the molecule is F.[F-].[F-].[F-].[F-].[U+4]. The van der Waals surface area contributed by atoms with E-state index in [2.05, 4.69) is 0 Å². The first-order chi connectivity index (χ1) is 0. The minimum Gasteiger partial charge on any atom is -1.00 e. The topological polar surface area (TPSA) is 0 Å². The third-order valence-corrected chi connectivity index (χ3v) is 0. The number of rotatable bonds is 0. The molecule has 0 saturated heterocycles. The molecule has 0 heterocycles. The molecule has 0 fully saturated rings. The zero-order valence-corrected chi connectivity index (χ0v) is 6.58. The van der Waals surface area contributed by atoms with E-state index >= 15 is 0 Å². The summed E-state index contributed by atoms with van der Waals surface area (Å²) in [5.41, 5.74) is 0. The summed E-state index contributed by atoms with van der Waals surface area (Å²) in [5, 5.41) is 0. The Labute approximate surface area is 54.9 Å². The van der Waals surface area contributed by atoms with E-state index in [0.717, 1.165) is 0 Å². The van der Waals surface area contributed by atoms with Crippen LogP contribution in [0.4, 0.5) is 4.70 Å². The van der Waals surface area contributed by atoms with Crippen LogP contribution in [0.2, 0.25) is 0 Å². The maximum absolute atomic E-state index is 0. The molecule has 0 spiro atoms. The second kappa shape index (κ2) is 256. The molecule has 6 heteroatoms. The first kappa shape index (κ1) is 442. The molecule has 0 saturated carbocycles. The minimum atomic E-state index is 0. The molecular formula is HF5U. The molecule has 0 unspecified atom stereocenters. The van der Waals surface area contributed by atoms with Gasteiger partial charge in [0.15, 0.2) is 0 Å². The molecule has 0 aromatic rings. The standard InChI is InChI=1S/5FH.U/h5*1H;/q;;;;;+4/p-4. The van der Waals surface area contributed by atoms with Crippen LogP contribution in [0.5, 0.6) is 0 Å². The third-order valence-electron chi connectivity index (χ3n) is 0. The van der Waals surface area contributed by atoms with Crippen LogP contribution in [0.25, 0.3) is 0 Å². The van der Waals surface area contributed by atoms with Gasteiger partial charge in [-0.05, 0) is 0 Å². The molecule has 40 valence electrons. The van der Waals surface area contributed by atoms with Crippen molar-refractivity contribution in [3.63, 3.8) is 0 Å². The molecule has 0 radical (unpaired) electrons. The Kier molecular flexibility index (Phi) is 18900. The van der Waals surface area contributed by atoms with E-state index in [1.165, 1.54) is 0 Å². The molecule has 0 amide bonds. The van der Waals surface area contributed by atoms with Crippen molar-refractivity contribution < 1.29 is 54.6 Å². The summed E-state index contributed by atoms with van der Waals surface area (Å²) in [7, 11) is 0. The van der Waals surface area contributed by atoms with Crippen LogP contribution in [-0.2, 0) is 0 Å². The zero-order valence-electron chi connectivity index (χ0n) is 2.42. The van der Waals surface area contributed by atoms with E-state index in [4.69, 9.17) is 0 Å². The van der Waals surface area contributed by atoms with E-state index in [0.29, 0.717) is 0 Å². The molecule has 0 rings (SSSR count). The van der Waals surface area contributed by atoms with Crippen LogP contribution in [0, 0.1) is 31.1 Å². The van der Waals surface area contributed by atoms with Crippen LogP contribution < -0.4 is 18.8 Å². The molecule has 0 nitrogen and oxygen atoms in total. The van der Waals surface area contributed by atoms with Crippen molar-refractivity contribution in [3.8, 4) is 0 Å². The summed E-state index contributed by atoms with van der Waals surface area (Å²) in [6.45, 7) is 0. The van der Waals surface area contributed by atoms with Crippen molar-refractivity contribution in [3.05, 3.63) is 0 Å². The molecule has 0 aliphatic heterocycles. The van der Waals surface area contributed by atoms with Crippen LogP contribution in [0.15, 0.2) is 0 Å². The summed E-state index contributed by atoms with van der Waals surface area (Å²) in [5.74, 6) is 0. The van der Waals surface area contributed by atoms with Gasteiger partial charge in [-0.15, -0.1) is 0 Å². The van der Waals surface area contributed by atoms with Crippen molar-refractivity contribution in [1.29, 1.82) is 0 Å². The van der Waals surface area contributed by atoms with Gasteiger partial charge >= 0.3 is 31.1 Å². The van der Waals surface area contributed by atoms with Gasteiger partial charge in [0.05, 0.1) is 0 Å². The van der Waals surface area contributed by atoms with E-state index in [-0.39, 0.29) is 54.6 Å². The van der Waals surface area contributed by atoms with Crippen molar-refractivity contribution >= 4 is 0 Å². The van der Waals surface area contributed by atoms with Crippen LogP contribution in [0.3, 0.4) is 0 Å². The zero-order chi connectivity index (χ0) is 0. The average molecular weight is 334 g/mol. The van der Waals surface area contributed by atoms with Gasteiger partial charge in [0.1, 0.15) is 0 Å². The van der Waals surface area contributed by atoms with Crippen molar-refractivity contribution in [2.24, 2.45) is 0 Å². The molecular weight excluding hydrogens is 333 g/mol. The third kappa shape index (κ3) is 131. The Morgan fingerprint density at radius 1 is 0.500 bits per heavy atom. The molecule has 0 aliphatic carbocycles. The van der Waals surface area contributed by atoms with Crippen molar-refractivity contribution in [2.45, 2.75) is 0 Å². The second-order valence-corrected chi connectivity index (χ2v) is 0. The van der Waals surface area contributed by atoms with E-state index in [9.17, 15) is 0 Å². The molecule has 0 atom stereocenters. The summed E-state index contributed by atoms with van der Waals surface area (Å²) < 4.78 is 0. The summed E-state index contributed by atoms with van der Waals surface area (Å²) in [4.78, 5) is 0. The largest absolute Gasteiger partial charge is 4.00 e. The Bertz CT molecular complexity index is 3.90. The molecule has 6 heavy (non-hydrogen) atoms. The van der Waals surface area contributed by atoms with Crippen molar-refractivity contribution in [2.75, 3.05) is 0 Å². The predicted molar refractivity (Wildman–Crippen MR) is 2.50 cm³/mol. The summed E-state index contributed by atoms with van der Waals surface area (Å²) in [6, 6.07) is 0. The fourth-order valence-corrected chi connectivity index (χ4v) is 0. The van der Waals surface area contributed by atoms with E-state index < -0.39 is 0 Å². The number of halogens is 5. The van der Waals surface area contributed by atoms with Gasteiger partial charge in [-0.1, -0.05) is 0 Å². The fourth-order valence-electron chi connectivity index (χ4n) is 0. The van der Waals surface area contributed by atoms with Gasteiger partial charge in [-0.2, -0.15) is 0 Å². The van der Waals surface area contributed by atoms with Gasteiger partial charge in [0, 0.05) is 0 Å². The normalized spacial score (nSPS) is 0. The molecule has 0 bridgehead atoms. The van der Waals surface area contributed by atoms with Gasteiger partial charge in [0.25, 0.3) is 0 Å². The average Bonchev–Trinajstić information content (AvgIpc) is 0. The van der Waals surface area contributed by atoms with Gasteiger partial charge < -0.3 is 18.8 Å². The smallest absolute Gasteiger partial charge is 1.00 e. The second-order valence-electron chi connectivity index (χ2n) is 0. The quantitative estimate of drug-likeness (QED) is 0.386. The summed E-state index contributed by atoms with van der Waals surface area (Å²) in [6.07, 6.45) is 0. The Morgan fingerprint density at radius 3 is 0.500 bits per heavy atom. The van der Waals surface area contributed by atoms with Crippen molar-refractivity contribution in [1.82, 2.24) is 0 Å². The Hall–Kier alpha value is 0.702. The minimum absolute atomic E-state index is 0. The first-order valence-corrected chi connectivity index (χ1v) is 0. The van der Waals surface area contributed by atoms with Crippen LogP contribution >= 0.6 is 0 Å². The van der Waals surface area contributed by atoms with Gasteiger partial charge in [0.2, 0.25) is 0 Å². The maximum atomic E-state index is 0. The maximum Gasteiger partial charge on any atom is 4.00 e. The predicted octanol–water partition coefficient (Wildman–Crippen LogP) is -11.8. The Balaban J connectivity index is 0. The monoisotopic (exact) mass is 334 g/mol. The first-order valence-electron chi connectivity index (χ1n) is 0. The Morgan fingerprint density at radius 2 is 0.500 bits per heavy atom. The fraction of sp³-hybridized carbons (Fsp3) is 0. The molecule has 0 aromatic carbocycles. The number of hydrogen-bond donors (Lipinski definition) is 0. The number of hydrogen-bond acceptors (Lipinski definition) is 0. The van der Waals surface area contributed by atoms with Crippen LogP contribution in [-0.4, -0.2) is 0 Å². The van der Waals surface area contributed by atoms with E-state index in [1.54, 1.807) is 0 Å². The van der Waals surface area contributed by atoms with Gasteiger partial charge in [-0.3, -0.25) is 4.70 Å². The molecule has 0 N–H and O–H groups in total. The molecule has 0 aromatic heterocycles. The summed E-state index contributed by atoms with van der Waals surface area (Å²) >= 11 is 0. The van der Waals surface area contributed by atoms with Crippen LogP contribution in [0.1, 0.15) is 0 Å². The van der Waals surface area contributed by atoms with E-state index in [1.807, 2.05) is 0 Å². The van der Waals surface area contributed by atoms with Gasteiger partial charge in [-0.25, -0.2) is 0 Å². The molecule has 0 aliphatic rings.